The number of nitrogens with zero attached hydrogens (tertiary/aromatic N) is 3. The SMILES string of the molecule is Cc1nnc(N2C(=O)C3=C(C(=O)C4CC(Cl)CCC4O3)C2c2ccccc2F)s1. The van der Waals surface area contributed by atoms with Gasteiger partial charge >= 0.3 is 0 Å². The molecule has 5 rings (SSSR count). The molecule has 29 heavy (non-hydrogen) atoms. The zero-order valence-corrected chi connectivity index (χ0v) is 17.0. The van der Waals surface area contributed by atoms with Crippen molar-refractivity contribution in [2.24, 2.45) is 5.92 Å². The molecule has 2 aromatic rings. The lowest BCUT2D eigenvalue weighted by molar-refractivity contribution is -0.131. The second-order valence-corrected chi connectivity index (χ2v) is 9.26. The molecule has 6 nitrogen and oxygen atoms in total. The number of fused-ring (bicyclic) bond motifs is 1. The van der Waals surface area contributed by atoms with Crippen LogP contribution in [-0.4, -0.2) is 33.4 Å². The van der Waals surface area contributed by atoms with Gasteiger partial charge in [-0.1, -0.05) is 29.5 Å². The van der Waals surface area contributed by atoms with Crippen LogP contribution in [0, 0.1) is 18.7 Å². The second-order valence-electron chi connectivity index (χ2n) is 7.48. The van der Waals surface area contributed by atoms with Gasteiger partial charge < -0.3 is 4.74 Å². The third kappa shape index (κ3) is 2.88. The normalized spacial score (nSPS) is 29.0. The third-order valence-electron chi connectivity index (χ3n) is 5.70. The maximum Gasteiger partial charge on any atom is 0.296 e. The van der Waals surface area contributed by atoms with E-state index in [9.17, 15) is 14.0 Å². The van der Waals surface area contributed by atoms with Crippen molar-refractivity contribution in [2.75, 3.05) is 4.90 Å². The minimum atomic E-state index is -0.935. The van der Waals surface area contributed by atoms with Gasteiger partial charge in [-0.15, -0.1) is 21.8 Å². The number of halogens is 2. The van der Waals surface area contributed by atoms with Crippen LogP contribution in [0.1, 0.15) is 35.9 Å². The highest BCUT2D eigenvalue weighted by molar-refractivity contribution is 7.15. The molecule has 1 aromatic heterocycles. The number of carbonyl (C=O) groups excluding carboxylic acids is 2. The summed E-state index contributed by atoms with van der Waals surface area (Å²) in [6.07, 6.45) is 1.44. The van der Waals surface area contributed by atoms with Gasteiger partial charge in [0.15, 0.2) is 11.5 Å². The number of hydrogen-bond acceptors (Lipinski definition) is 6. The smallest absolute Gasteiger partial charge is 0.296 e. The van der Waals surface area contributed by atoms with Crippen LogP contribution in [0.4, 0.5) is 9.52 Å². The average Bonchev–Trinajstić information content (AvgIpc) is 3.24. The van der Waals surface area contributed by atoms with Crippen molar-refractivity contribution in [3.8, 4) is 0 Å². The molecule has 0 saturated heterocycles. The fourth-order valence-electron chi connectivity index (χ4n) is 4.39. The van der Waals surface area contributed by atoms with E-state index in [0.717, 1.165) is 6.42 Å². The number of ether oxygens (including phenoxy) is 1. The van der Waals surface area contributed by atoms with Crippen LogP contribution < -0.4 is 4.90 Å². The summed E-state index contributed by atoms with van der Waals surface area (Å²) in [5.41, 5.74) is 0.423. The Balaban J connectivity index is 1.67. The fourth-order valence-corrected chi connectivity index (χ4v) is 5.42. The Morgan fingerprint density at radius 3 is 2.76 bits per heavy atom. The van der Waals surface area contributed by atoms with Crippen LogP contribution in [-0.2, 0) is 14.3 Å². The van der Waals surface area contributed by atoms with Crippen LogP contribution in [0.2, 0.25) is 0 Å². The van der Waals surface area contributed by atoms with Crippen molar-refractivity contribution in [1.29, 1.82) is 0 Å². The lowest BCUT2D eigenvalue weighted by atomic mass is 9.77. The Morgan fingerprint density at radius 2 is 2.03 bits per heavy atom. The molecule has 1 amide bonds. The van der Waals surface area contributed by atoms with E-state index >= 15 is 0 Å². The first-order chi connectivity index (χ1) is 14.0. The van der Waals surface area contributed by atoms with E-state index in [4.69, 9.17) is 16.3 Å². The van der Waals surface area contributed by atoms with E-state index in [1.54, 1.807) is 25.1 Å². The van der Waals surface area contributed by atoms with E-state index in [1.165, 1.54) is 22.3 Å². The molecule has 1 fully saturated rings. The number of carbonyl (C=O) groups is 2. The number of aromatic nitrogens is 2. The van der Waals surface area contributed by atoms with Gasteiger partial charge in [-0.2, -0.15) is 0 Å². The summed E-state index contributed by atoms with van der Waals surface area (Å²) in [4.78, 5) is 28.1. The number of rotatable bonds is 2. The largest absolute Gasteiger partial charge is 0.483 e. The van der Waals surface area contributed by atoms with Crippen molar-refractivity contribution in [1.82, 2.24) is 10.2 Å². The van der Waals surface area contributed by atoms with Gasteiger partial charge in [-0.05, 0) is 32.3 Å². The summed E-state index contributed by atoms with van der Waals surface area (Å²) >= 11 is 7.51. The number of ketones is 1. The average molecular weight is 434 g/mol. The number of aryl methyl sites for hydroxylation is 1. The molecule has 150 valence electrons. The highest BCUT2D eigenvalue weighted by atomic mass is 35.5. The van der Waals surface area contributed by atoms with E-state index in [2.05, 4.69) is 10.2 Å². The van der Waals surface area contributed by atoms with Gasteiger partial charge in [0.05, 0.1) is 11.5 Å². The lowest BCUT2D eigenvalue weighted by Crippen LogP contribution is -2.41. The predicted molar refractivity (Wildman–Crippen MR) is 105 cm³/mol. The first kappa shape index (κ1) is 18.7. The minimum absolute atomic E-state index is 0.00498. The van der Waals surface area contributed by atoms with E-state index in [1.807, 2.05) is 0 Å². The zero-order chi connectivity index (χ0) is 20.3. The number of alkyl halides is 1. The van der Waals surface area contributed by atoms with E-state index in [0.29, 0.717) is 23.0 Å². The molecule has 1 aliphatic carbocycles. The standard InChI is InChI=1S/C20H17ClFN3O3S/c1-9-23-24-20(29-9)25-16(11-4-2-3-5-13(11)22)15-17(26)12-8-10(21)6-7-14(12)28-18(15)19(25)27/h2-5,10,12,14,16H,6-8H2,1H3. The predicted octanol–water partition coefficient (Wildman–Crippen LogP) is 3.70. The number of Topliss-reactive ketones (excluding diaryl/α,β-unsaturated/α-hetero) is 1. The molecule has 0 bridgehead atoms. The zero-order valence-electron chi connectivity index (χ0n) is 15.5. The van der Waals surface area contributed by atoms with Gasteiger partial charge in [0, 0.05) is 10.9 Å². The van der Waals surface area contributed by atoms with Crippen molar-refractivity contribution in [3.05, 3.63) is 52.0 Å². The van der Waals surface area contributed by atoms with Crippen LogP contribution >= 0.6 is 22.9 Å². The summed E-state index contributed by atoms with van der Waals surface area (Å²) in [6, 6.07) is 5.20. The van der Waals surface area contributed by atoms with E-state index < -0.39 is 23.7 Å². The number of hydrogen-bond donors (Lipinski definition) is 0. The minimum Gasteiger partial charge on any atom is -0.483 e. The van der Waals surface area contributed by atoms with Gasteiger partial charge in [0.25, 0.3) is 5.91 Å². The Labute approximate surface area is 175 Å². The lowest BCUT2D eigenvalue weighted by Gasteiger charge is -2.37. The molecular weight excluding hydrogens is 417 g/mol. The van der Waals surface area contributed by atoms with Crippen molar-refractivity contribution >= 4 is 39.8 Å². The van der Waals surface area contributed by atoms with Gasteiger partial charge in [-0.3, -0.25) is 14.5 Å². The van der Waals surface area contributed by atoms with Crippen LogP contribution in [0.5, 0.6) is 0 Å². The summed E-state index contributed by atoms with van der Waals surface area (Å²) in [5.74, 6) is -1.59. The topological polar surface area (TPSA) is 72.4 Å². The molecule has 4 unspecified atom stereocenters. The molecule has 2 aliphatic heterocycles. The molecule has 3 heterocycles. The Kier molecular flexibility index (Phi) is 4.43. The van der Waals surface area contributed by atoms with Crippen LogP contribution in [0.15, 0.2) is 35.6 Å². The van der Waals surface area contributed by atoms with Crippen molar-refractivity contribution < 1.29 is 18.7 Å². The monoisotopic (exact) mass is 433 g/mol. The molecule has 1 aromatic carbocycles. The molecular formula is C20H17ClFN3O3S. The summed E-state index contributed by atoms with van der Waals surface area (Å²) in [6.45, 7) is 1.77. The maximum absolute atomic E-state index is 14.8. The van der Waals surface area contributed by atoms with Gasteiger partial charge in [0.1, 0.15) is 23.0 Å². The Bertz CT molecular complexity index is 1060. The molecule has 4 atom stereocenters. The number of amides is 1. The second kappa shape index (κ2) is 6.88. The first-order valence-electron chi connectivity index (χ1n) is 9.43. The highest BCUT2D eigenvalue weighted by Gasteiger charge is 2.54. The third-order valence-corrected chi connectivity index (χ3v) is 6.94. The Morgan fingerprint density at radius 1 is 1.24 bits per heavy atom. The van der Waals surface area contributed by atoms with Crippen molar-refractivity contribution in [3.63, 3.8) is 0 Å². The number of anilines is 1. The molecule has 9 heteroatoms. The van der Waals surface area contributed by atoms with Crippen LogP contribution in [0.3, 0.4) is 0 Å². The molecule has 0 spiro atoms. The van der Waals surface area contributed by atoms with Gasteiger partial charge in [0.2, 0.25) is 5.13 Å². The summed E-state index contributed by atoms with van der Waals surface area (Å²) < 4.78 is 20.8. The summed E-state index contributed by atoms with van der Waals surface area (Å²) in [7, 11) is 0. The quantitative estimate of drug-likeness (QED) is 0.675. The molecule has 0 N–H and O–H groups in total. The number of benzene rings is 1. The molecule has 1 saturated carbocycles. The van der Waals surface area contributed by atoms with Crippen molar-refractivity contribution in [2.45, 2.75) is 43.7 Å². The Hall–Kier alpha value is -2.32. The van der Waals surface area contributed by atoms with E-state index in [-0.39, 0.29) is 34.2 Å². The first-order valence-corrected chi connectivity index (χ1v) is 10.7. The maximum atomic E-state index is 14.8. The molecule has 3 aliphatic rings. The fraction of sp³-hybridized carbons (Fsp3) is 0.400. The highest BCUT2D eigenvalue weighted by Crippen LogP contribution is 2.49. The van der Waals surface area contributed by atoms with Gasteiger partial charge in [-0.25, -0.2) is 4.39 Å². The molecule has 0 radical (unpaired) electrons. The summed E-state index contributed by atoms with van der Waals surface area (Å²) in [5, 5.41) is 8.92. The van der Waals surface area contributed by atoms with Crippen LogP contribution in [0.25, 0.3) is 0 Å².